The van der Waals surface area contributed by atoms with Crippen LogP contribution in [0.1, 0.15) is 32.1 Å². The predicted octanol–water partition coefficient (Wildman–Crippen LogP) is -0.701. The average molecular weight is 355 g/mol. The summed E-state index contributed by atoms with van der Waals surface area (Å²) >= 11 is 0.909. The highest BCUT2D eigenvalue weighted by Crippen LogP contribution is 2.27. The van der Waals surface area contributed by atoms with Crippen molar-refractivity contribution in [1.82, 2.24) is 25.2 Å². The Morgan fingerprint density at radius 1 is 1.17 bits per heavy atom. The van der Waals surface area contributed by atoms with Crippen molar-refractivity contribution in [3.63, 3.8) is 0 Å². The summed E-state index contributed by atoms with van der Waals surface area (Å²) in [7, 11) is 2.77. The number of thioether (sulfide) groups is 1. The van der Waals surface area contributed by atoms with Crippen molar-refractivity contribution in [3.05, 3.63) is 20.8 Å². The van der Waals surface area contributed by atoms with E-state index >= 15 is 0 Å². The van der Waals surface area contributed by atoms with E-state index in [1.165, 1.54) is 14.1 Å². The molecule has 1 aliphatic carbocycles. The Bertz CT molecular complexity index is 736. The first kappa shape index (κ1) is 18.2. The fraction of sp³-hybridized carbons (Fsp3) is 0.643. The normalized spacial score (nSPS) is 14.6. The van der Waals surface area contributed by atoms with Crippen LogP contribution >= 0.6 is 11.8 Å². The number of rotatable bonds is 5. The van der Waals surface area contributed by atoms with Crippen molar-refractivity contribution in [3.8, 4) is 0 Å². The molecular weight excluding hydrogens is 334 g/mol. The first-order valence-electron chi connectivity index (χ1n) is 7.73. The first-order chi connectivity index (χ1) is 11.4. The minimum Gasteiger partial charge on any atom is -0.273 e. The van der Waals surface area contributed by atoms with Crippen LogP contribution in [-0.2, 0) is 23.7 Å². The van der Waals surface area contributed by atoms with Gasteiger partial charge in [0.05, 0.1) is 5.75 Å². The van der Waals surface area contributed by atoms with E-state index in [0.29, 0.717) is 12.3 Å². The smallest absolute Gasteiger partial charge is 0.273 e. The summed E-state index contributed by atoms with van der Waals surface area (Å²) in [5, 5.41) is 3.88. The highest BCUT2D eigenvalue weighted by Gasteiger charge is 2.18. The van der Waals surface area contributed by atoms with Crippen molar-refractivity contribution in [2.45, 2.75) is 37.1 Å². The maximum atomic E-state index is 11.9. The Morgan fingerprint density at radius 3 is 2.46 bits per heavy atom. The monoisotopic (exact) mass is 355 g/mol. The Hall–Kier alpha value is -2.10. The van der Waals surface area contributed by atoms with Crippen LogP contribution in [0.4, 0.5) is 0 Å². The standard InChI is InChI=1S/C14H21N5O4S/c1-18-13(22)12(17-19(2)14(18)23)24-8-11(21)16-15-10(20)7-9-5-3-4-6-9/h9H,3-8H2,1-2H3,(H,15,20)(H,16,21). The Kier molecular flexibility index (Phi) is 6.18. The number of amides is 2. The molecule has 0 bridgehead atoms. The zero-order chi connectivity index (χ0) is 17.7. The number of carbonyl (C=O) groups excluding carboxylic acids is 2. The molecule has 0 aromatic carbocycles. The zero-order valence-electron chi connectivity index (χ0n) is 13.7. The van der Waals surface area contributed by atoms with Crippen LogP contribution in [0.3, 0.4) is 0 Å². The molecule has 1 aliphatic rings. The van der Waals surface area contributed by atoms with Gasteiger partial charge in [0.25, 0.3) is 5.56 Å². The van der Waals surface area contributed by atoms with Crippen LogP contribution in [-0.4, -0.2) is 31.9 Å². The maximum absolute atomic E-state index is 11.9. The lowest BCUT2D eigenvalue weighted by Crippen LogP contribution is -2.43. The fourth-order valence-electron chi connectivity index (χ4n) is 2.60. The number of carbonyl (C=O) groups is 2. The van der Waals surface area contributed by atoms with E-state index in [9.17, 15) is 19.2 Å². The Balaban J connectivity index is 1.80. The molecule has 2 rings (SSSR count). The van der Waals surface area contributed by atoms with Crippen LogP contribution in [0.15, 0.2) is 14.6 Å². The second-order valence-electron chi connectivity index (χ2n) is 5.82. The van der Waals surface area contributed by atoms with Gasteiger partial charge in [-0.05, 0) is 18.8 Å². The van der Waals surface area contributed by atoms with Gasteiger partial charge in [0.15, 0.2) is 5.03 Å². The number of aromatic nitrogens is 3. The SMILES string of the molecule is Cn1nc(SCC(=O)NNC(=O)CC2CCCC2)c(=O)n(C)c1=O. The minimum absolute atomic E-state index is 0.0482. The van der Waals surface area contributed by atoms with Crippen molar-refractivity contribution in [2.75, 3.05) is 5.75 Å². The average Bonchev–Trinajstić information content (AvgIpc) is 3.06. The predicted molar refractivity (Wildman–Crippen MR) is 88.3 cm³/mol. The first-order valence-corrected chi connectivity index (χ1v) is 8.72. The molecule has 24 heavy (non-hydrogen) atoms. The third-order valence-corrected chi connectivity index (χ3v) is 4.86. The highest BCUT2D eigenvalue weighted by atomic mass is 32.2. The molecule has 1 heterocycles. The Labute approximate surface area is 142 Å². The van der Waals surface area contributed by atoms with Crippen molar-refractivity contribution in [2.24, 2.45) is 20.0 Å². The molecule has 0 unspecified atom stereocenters. The van der Waals surface area contributed by atoms with Gasteiger partial charge in [-0.25, -0.2) is 9.48 Å². The molecule has 0 spiro atoms. The van der Waals surface area contributed by atoms with E-state index in [2.05, 4.69) is 16.0 Å². The van der Waals surface area contributed by atoms with E-state index in [1.54, 1.807) is 0 Å². The van der Waals surface area contributed by atoms with Gasteiger partial charge < -0.3 is 0 Å². The largest absolute Gasteiger partial charge is 0.346 e. The summed E-state index contributed by atoms with van der Waals surface area (Å²) in [5.41, 5.74) is 3.61. The molecule has 132 valence electrons. The van der Waals surface area contributed by atoms with E-state index in [4.69, 9.17) is 0 Å². The van der Waals surface area contributed by atoms with Crippen LogP contribution < -0.4 is 22.1 Å². The van der Waals surface area contributed by atoms with Gasteiger partial charge in [0.2, 0.25) is 11.8 Å². The second kappa shape index (κ2) is 8.13. The number of hydrogen-bond donors (Lipinski definition) is 2. The van der Waals surface area contributed by atoms with Gasteiger partial charge in [-0.2, -0.15) is 5.10 Å². The third-order valence-electron chi connectivity index (χ3n) is 3.92. The fourth-order valence-corrected chi connectivity index (χ4v) is 3.38. The summed E-state index contributed by atoms with van der Waals surface area (Å²) in [6, 6.07) is 0. The lowest BCUT2D eigenvalue weighted by Gasteiger charge is -2.10. The number of hydrazine groups is 1. The number of aryl methyl sites for hydroxylation is 1. The molecule has 1 saturated carbocycles. The molecule has 9 nitrogen and oxygen atoms in total. The lowest BCUT2D eigenvalue weighted by molar-refractivity contribution is -0.128. The molecule has 1 fully saturated rings. The van der Waals surface area contributed by atoms with Gasteiger partial charge in [0.1, 0.15) is 0 Å². The summed E-state index contributed by atoms with van der Waals surface area (Å²) in [6.45, 7) is 0. The number of hydrogen-bond acceptors (Lipinski definition) is 6. The topological polar surface area (TPSA) is 115 Å². The molecule has 0 aliphatic heterocycles. The molecule has 10 heteroatoms. The van der Waals surface area contributed by atoms with Crippen LogP contribution in [0.5, 0.6) is 0 Å². The van der Waals surface area contributed by atoms with Gasteiger partial charge in [-0.3, -0.25) is 29.8 Å². The van der Waals surface area contributed by atoms with Crippen molar-refractivity contribution < 1.29 is 9.59 Å². The van der Waals surface area contributed by atoms with E-state index < -0.39 is 17.2 Å². The summed E-state index contributed by atoms with van der Waals surface area (Å²) < 4.78 is 1.96. The van der Waals surface area contributed by atoms with Crippen LogP contribution in [0.25, 0.3) is 0 Å². The minimum atomic E-state index is -0.554. The quantitative estimate of drug-likeness (QED) is 0.533. The molecule has 0 atom stereocenters. The van der Waals surface area contributed by atoms with Crippen molar-refractivity contribution >= 4 is 23.6 Å². The molecule has 1 aromatic rings. The lowest BCUT2D eigenvalue weighted by atomic mass is 10.0. The van der Waals surface area contributed by atoms with E-state index in [1.807, 2.05) is 0 Å². The molecule has 0 radical (unpaired) electrons. The third kappa shape index (κ3) is 4.70. The van der Waals surface area contributed by atoms with Gasteiger partial charge in [-0.1, -0.05) is 24.6 Å². The highest BCUT2D eigenvalue weighted by molar-refractivity contribution is 7.99. The van der Waals surface area contributed by atoms with Crippen LogP contribution in [0.2, 0.25) is 0 Å². The molecule has 2 N–H and O–H groups in total. The van der Waals surface area contributed by atoms with Crippen molar-refractivity contribution in [1.29, 1.82) is 0 Å². The number of nitrogens with one attached hydrogen (secondary N) is 2. The molecular formula is C14H21N5O4S. The number of nitrogens with zero attached hydrogens (tertiary/aromatic N) is 3. The zero-order valence-corrected chi connectivity index (χ0v) is 14.5. The summed E-state index contributed by atoms with van der Waals surface area (Å²) in [6.07, 6.45) is 4.83. The molecule has 2 amide bonds. The summed E-state index contributed by atoms with van der Waals surface area (Å²) in [4.78, 5) is 46.9. The summed E-state index contributed by atoms with van der Waals surface area (Å²) in [5.74, 6) is -0.354. The van der Waals surface area contributed by atoms with E-state index in [-0.39, 0.29) is 16.7 Å². The van der Waals surface area contributed by atoms with Gasteiger partial charge >= 0.3 is 5.69 Å². The maximum Gasteiger partial charge on any atom is 0.346 e. The molecule has 0 saturated heterocycles. The van der Waals surface area contributed by atoms with Gasteiger partial charge in [0, 0.05) is 20.5 Å². The van der Waals surface area contributed by atoms with E-state index in [0.717, 1.165) is 46.7 Å². The Morgan fingerprint density at radius 2 is 1.79 bits per heavy atom. The van der Waals surface area contributed by atoms with Gasteiger partial charge in [-0.15, -0.1) is 0 Å². The second-order valence-corrected chi connectivity index (χ2v) is 6.78. The molecule has 1 aromatic heterocycles. The van der Waals surface area contributed by atoms with Crippen LogP contribution in [0, 0.1) is 5.92 Å².